The van der Waals surface area contributed by atoms with E-state index in [4.69, 9.17) is 10.5 Å². The molecule has 0 heterocycles. The minimum atomic E-state index is 0.749. The fourth-order valence-corrected chi connectivity index (χ4v) is 3.78. The Hall–Kier alpha value is -2.06. The molecule has 0 aromatic heterocycles. The Balaban J connectivity index is 1.55. The molecule has 0 saturated heterocycles. The first-order chi connectivity index (χ1) is 11.8. The van der Waals surface area contributed by atoms with Gasteiger partial charge in [0.25, 0.3) is 0 Å². The number of unbranched alkanes of at least 4 members (excludes halogenated alkanes) is 1. The molecule has 1 aromatic rings. The largest absolute Gasteiger partial charge is 0.193 e. The van der Waals surface area contributed by atoms with E-state index in [1.807, 2.05) is 18.2 Å². The number of rotatable bonds is 8. The summed E-state index contributed by atoms with van der Waals surface area (Å²) >= 11 is 0. The number of nitrogens with zero attached hydrogens (tertiary/aromatic N) is 2. The Morgan fingerprint density at radius 2 is 1.58 bits per heavy atom. The Morgan fingerprint density at radius 3 is 2.21 bits per heavy atom. The van der Waals surface area contributed by atoms with Crippen molar-refractivity contribution in [2.75, 3.05) is 0 Å². The summed E-state index contributed by atoms with van der Waals surface area (Å²) in [6, 6.07) is 12.2. The first-order valence-electron chi connectivity index (χ1n) is 9.35. The topological polar surface area (TPSA) is 47.6 Å². The predicted molar refractivity (Wildman–Crippen MR) is 98.1 cm³/mol. The van der Waals surface area contributed by atoms with Crippen molar-refractivity contribution in [1.82, 2.24) is 0 Å². The summed E-state index contributed by atoms with van der Waals surface area (Å²) in [5, 5.41) is 17.3. The Labute approximate surface area is 146 Å². The van der Waals surface area contributed by atoms with Gasteiger partial charge in [0.15, 0.2) is 0 Å². The van der Waals surface area contributed by atoms with Gasteiger partial charge in [-0.05, 0) is 55.2 Å². The molecule has 1 fully saturated rings. The Morgan fingerprint density at radius 1 is 0.917 bits per heavy atom. The second-order valence-electron chi connectivity index (χ2n) is 7.05. The molecule has 1 aliphatic rings. The fraction of sp³-hybridized carbons (Fsp3) is 0.545. The molecule has 0 amide bonds. The first kappa shape index (κ1) is 18.3. The van der Waals surface area contributed by atoms with Crippen molar-refractivity contribution >= 4 is 0 Å². The van der Waals surface area contributed by atoms with Gasteiger partial charge < -0.3 is 0 Å². The quantitative estimate of drug-likeness (QED) is 0.439. The lowest BCUT2D eigenvalue weighted by molar-refractivity contribution is 0.250. The van der Waals surface area contributed by atoms with Crippen LogP contribution >= 0.6 is 0 Å². The number of hydrogen-bond donors (Lipinski definition) is 0. The molecule has 1 aromatic carbocycles. The average molecular weight is 320 g/mol. The molecule has 0 aliphatic heterocycles. The summed E-state index contributed by atoms with van der Waals surface area (Å²) in [5.41, 5.74) is 2.10. The van der Waals surface area contributed by atoms with Gasteiger partial charge in [-0.3, -0.25) is 0 Å². The van der Waals surface area contributed by atoms with E-state index in [9.17, 15) is 0 Å². The highest BCUT2D eigenvalue weighted by Crippen LogP contribution is 2.34. The Kier molecular flexibility index (Phi) is 8.12. The van der Waals surface area contributed by atoms with Gasteiger partial charge in [0, 0.05) is 6.08 Å². The molecule has 1 saturated carbocycles. The lowest BCUT2D eigenvalue weighted by Gasteiger charge is -2.28. The molecule has 0 spiro atoms. The van der Waals surface area contributed by atoms with Crippen molar-refractivity contribution in [1.29, 1.82) is 10.5 Å². The zero-order chi connectivity index (χ0) is 17.0. The minimum absolute atomic E-state index is 0.749. The maximum Gasteiger partial charge on any atom is 0.0991 e. The molecule has 2 nitrogen and oxygen atoms in total. The summed E-state index contributed by atoms with van der Waals surface area (Å²) in [4.78, 5) is 0. The number of benzene rings is 1. The average Bonchev–Trinajstić information content (AvgIpc) is 2.64. The van der Waals surface area contributed by atoms with Gasteiger partial charge in [-0.25, -0.2) is 0 Å². The summed E-state index contributed by atoms with van der Waals surface area (Å²) in [6.07, 6.45) is 16.6. The third-order valence-corrected chi connectivity index (χ3v) is 5.31. The lowest BCUT2D eigenvalue weighted by atomic mass is 9.78. The van der Waals surface area contributed by atoms with Crippen molar-refractivity contribution in [3.8, 4) is 12.1 Å². The molecule has 0 N–H and O–H groups in total. The third kappa shape index (κ3) is 6.59. The molecule has 0 bridgehead atoms. The van der Waals surface area contributed by atoms with Gasteiger partial charge in [-0.15, -0.1) is 0 Å². The second-order valence-corrected chi connectivity index (χ2v) is 7.05. The molecule has 2 heteroatoms. The van der Waals surface area contributed by atoms with Crippen molar-refractivity contribution in [3.05, 3.63) is 47.5 Å². The molecule has 0 atom stereocenters. The highest BCUT2D eigenvalue weighted by atomic mass is 14.3. The molecule has 2 rings (SSSR count). The van der Waals surface area contributed by atoms with Gasteiger partial charge in [-0.2, -0.15) is 10.5 Å². The normalized spacial score (nSPS) is 20.6. The van der Waals surface area contributed by atoms with Crippen LogP contribution in [0.1, 0.15) is 68.9 Å². The molecular formula is C22H28N2. The lowest BCUT2D eigenvalue weighted by Crippen LogP contribution is -2.14. The Bertz CT molecular complexity index is 578. The van der Waals surface area contributed by atoms with Crippen molar-refractivity contribution in [3.63, 3.8) is 0 Å². The van der Waals surface area contributed by atoms with Crippen LogP contribution in [0.3, 0.4) is 0 Å². The molecule has 0 unspecified atom stereocenters. The van der Waals surface area contributed by atoms with E-state index >= 15 is 0 Å². The maximum atomic E-state index is 8.81. The zero-order valence-corrected chi connectivity index (χ0v) is 14.6. The van der Waals surface area contributed by atoms with E-state index in [0.29, 0.717) is 0 Å². The minimum Gasteiger partial charge on any atom is -0.193 e. The number of aryl methyl sites for hydroxylation is 1. The number of nitriles is 2. The van der Waals surface area contributed by atoms with Crippen LogP contribution in [0.15, 0.2) is 36.4 Å². The van der Waals surface area contributed by atoms with Crippen LogP contribution in [0.2, 0.25) is 0 Å². The molecule has 0 radical (unpaired) electrons. The van der Waals surface area contributed by atoms with Crippen molar-refractivity contribution < 1.29 is 0 Å². The van der Waals surface area contributed by atoms with E-state index in [0.717, 1.165) is 30.2 Å². The van der Waals surface area contributed by atoms with Crippen LogP contribution < -0.4 is 0 Å². The van der Waals surface area contributed by atoms with Crippen LogP contribution in [-0.2, 0) is 6.42 Å². The molecule has 24 heavy (non-hydrogen) atoms. The van der Waals surface area contributed by atoms with Crippen LogP contribution in [0.25, 0.3) is 0 Å². The maximum absolute atomic E-state index is 8.81. The first-order valence-corrected chi connectivity index (χ1v) is 9.35. The van der Waals surface area contributed by atoms with E-state index < -0.39 is 0 Å². The fourth-order valence-electron chi connectivity index (χ4n) is 3.78. The van der Waals surface area contributed by atoms with E-state index in [-0.39, 0.29) is 0 Å². The van der Waals surface area contributed by atoms with Gasteiger partial charge in [0.2, 0.25) is 0 Å². The smallest absolute Gasteiger partial charge is 0.0991 e. The summed E-state index contributed by atoms with van der Waals surface area (Å²) in [5.74, 6) is 1.81. The van der Waals surface area contributed by atoms with E-state index in [1.165, 1.54) is 56.9 Å². The van der Waals surface area contributed by atoms with Crippen LogP contribution in [-0.4, -0.2) is 0 Å². The summed E-state index contributed by atoms with van der Waals surface area (Å²) in [6.45, 7) is 0. The SMILES string of the molecule is N#CC=CCC[C@H]1CC[C@H](CCCCc2ccc(C#N)cc2)CC1. The standard InChI is InChI=1S/C22H28N2/c23-17-5-1-2-6-19-9-11-20(12-10-19)7-3-4-8-21-13-15-22(18-24)16-14-21/h1,5,13-16,19-20H,2-4,6-12H2/t19-,20-. The molecule has 1 aliphatic carbocycles. The summed E-state index contributed by atoms with van der Waals surface area (Å²) < 4.78 is 0. The van der Waals surface area contributed by atoms with Crippen LogP contribution in [0.5, 0.6) is 0 Å². The predicted octanol–water partition coefficient (Wildman–Crippen LogP) is 5.94. The number of hydrogen-bond acceptors (Lipinski definition) is 2. The van der Waals surface area contributed by atoms with E-state index in [1.54, 1.807) is 6.08 Å². The summed E-state index contributed by atoms with van der Waals surface area (Å²) in [7, 11) is 0. The third-order valence-electron chi connectivity index (χ3n) is 5.31. The zero-order valence-electron chi connectivity index (χ0n) is 14.6. The van der Waals surface area contributed by atoms with Gasteiger partial charge in [-0.1, -0.05) is 56.7 Å². The second kappa shape index (κ2) is 10.7. The number of allylic oxidation sites excluding steroid dienone is 2. The van der Waals surface area contributed by atoms with E-state index in [2.05, 4.69) is 24.3 Å². The molecular weight excluding hydrogens is 292 g/mol. The van der Waals surface area contributed by atoms with Crippen LogP contribution in [0, 0.1) is 34.5 Å². The van der Waals surface area contributed by atoms with Gasteiger partial charge in [0.05, 0.1) is 17.7 Å². The van der Waals surface area contributed by atoms with Gasteiger partial charge >= 0.3 is 0 Å². The highest BCUT2D eigenvalue weighted by molar-refractivity contribution is 5.31. The van der Waals surface area contributed by atoms with Crippen molar-refractivity contribution in [2.24, 2.45) is 11.8 Å². The van der Waals surface area contributed by atoms with Crippen LogP contribution in [0.4, 0.5) is 0 Å². The monoisotopic (exact) mass is 320 g/mol. The molecule has 126 valence electrons. The highest BCUT2D eigenvalue weighted by Gasteiger charge is 2.20. The van der Waals surface area contributed by atoms with Crippen molar-refractivity contribution in [2.45, 2.75) is 64.2 Å². The van der Waals surface area contributed by atoms with Gasteiger partial charge in [0.1, 0.15) is 0 Å².